The summed E-state index contributed by atoms with van der Waals surface area (Å²) in [6.45, 7) is 4.00. The van der Waals surface area contributed by atoms with Crippen LogP contribution in [0.4, 0.5) is 0 Å². The highest BCUT2D eigenvalue weighted by Gasteiger charge is 2.31. The fraction of sp³-hybridized carbons (Fsp3) is 0.417. The lowest BCUT2D eigenvalue weighted by Gasteiger charge is -2.31. The van der Waals surface area contributed by atoms with Gasteiger partial charge in [-0.2, -0.15) is 15.8 Å². The minimum Gasteiger partial charge on any atom is -0.401 e. The van der Waals surface area contributed by atoms with E-state index in [-0.39, 0.29) is 11.0 Å². The second kappa shape index (κ2) is 4.09. The van der Waals surface area contributed by atoms with Crippen molar-refractivity contribution in [3.8, 4) is 18.2 Å². The van der Waals surface area contributed by atoms with Crippen molar-refractivity contribution in [1.29, 1.82) is 15.8 Å². The fourth-order valence-electron chi connectivity index (χ4n) is 1.94. The van der Waals surface area contributed by atoms with E-state index in [1.165, 1.54) is 0 Å². The van der Waals surface area contributed by atoms with Crippen molar-refractivity contribution in [2.75, 3.05) is 0 Å². The zero-order valence-corrected chi connectivity index (χ0v) is 9.33. The summed E-state index contributed by atoms with van der Waals surface area (Å²) in [7, 11) is 0. The third-order valence-corrected chi connectivity index (χ3v) is 2.58. The van der Waals surface area contributed by atoms with Crippen LogP contribution in [0.3, 0.4) is 0 Å². The van der Waals surface area contributed by atoms with Crippen molar-refractivity contribution in [2.45, 2.75) is 26.7 Å². The number of hydrogen-bond acceptors (Lipinski definition) is 4. The Morgan fingerprint density at radius 3 is 2.19 bits per heavy atom. The summed E-state index contributed by atoms with van der Waals surface area (Å²) in [5.41, 5.74) is 6.95. The SMILES string of the molecule is CC1(C)CC(N)=C(C#N)C(=C(C#N)C#N)C1. The molecule has 0 aromatic heterocycles. The highest BCUT2D eigenvalue weighted by atomic mass is 14.6. The van der Waals surface area contributed by atoms with Gasteiger partial charge in [0.05, 0.1) is 5.57 Å². The van der Waals surface area contributed by atoms with Gasteiger partial charge < -0.3 is 5.73 Å². The van der Waals surface area contributed by atoms with Gasteiger partial charge in [-0.1, -0.05) is 13.8 Å². The Bertz CT molecular complexity index is 485. The Morgan fingerprint density at radius 1 is 1.19 bits per heavy atom. The van der Waals surface area contributed by atoms with E-state index in [0.29, 0.717) is 29.7 Å². The van der Waals surface area contributed by atoms with Crippen molar-refractivity contribution in [2.24, 2.45) is 11.1 Å². The Labute approximate surface area is 94.9 Å². The topological polar surface area (TPSA) is 97.4 Å². The summed E-state index contributed by atoms with van der Waals surface area (Å²) >= 11 is 0. The number of rotatable bonds is 0. The van der Waals surface area contributed by atoms with Gasteiger partial charge in [0, 0.05) is 11.3 Å². The third-order valence-electron chi connectivity index (χ3n) is 2.58. The van der Waals surface area contributed by atoms with Crippen LogP contribution in [0.15, 0.2) is 22.4 Å². The zero-order chi connectivity index (χ0) is 12.3. The highest BCUT2D eigenvalue weighted by Crippen LogP contribution is 2.40. The maximum atomic E-state index is 9.00. The fourth-order valence-corrected chi connectivity index (χ4v) is 1.94. The predicted molar refractivity (Wildman–Crippen MR) is 58.1 cm³/mol. The maximum Gasteiger partial charge on any atom is 0.134 e. The van der Waals surface area contributed by atoms with Crippen molar-refractivity contribution < 1.29 is 0 Å². The van der Waals surface area contributed by atoms with E-state index in [9.17, 15) is 0 Å². The van der Waals surface area contributed by atoms with Crippen LogP contribution >= 0.6 is 0 Å². The molecule has 0 amide bonds. The number of nitriles is 3. The molecule has 0 aromatic carbocycles. The Balaban J connectivity index is 3.47. The molecule has 1 aliphatic carbocycles. The summed E-state index contributed by atoms with van der Waals surface area (Å²) < 4.78 is 0. The average molecular weight is 212 g/mol. The molecule has 0 spiro atoms. The van der Waals surface area contributed by atoms with Gasteiger partial charge in [0.1, 0.15) is 23.8 Å². The molecule has 16 heavy (non-hydrogen) atoms. The van der Waals surface area contributed by atoms with E-state index in [1.807, 2.05) is 32.1 Å². The molecule has 0 saturated carbocycles. The van der Waals surface area contributed by atoms with Gasteiger partial charge in [-0.3, -0.25) is 0 Å². The van der Waals surface area contributed by atoms with Crippen LogP contribution in [0.25, 0.3) is 0 Å². The van der Waals surface area contributed by atoms with Crippen LogP contribution in [-0.4, -0.2) is 0 Å². The van der Waals surface area contributed by atoms with Crippen LogP contribution in [-0.2, 0) is 0 Å². The molecule has 0 unspecified atom stereocenters. The van der Waals surface area contributed by atoms with Crippen LogP contribution in [0.2, 0.25) is 0 Å². The molecule has 0 atom stereocenters. The normalized spacial score (nSPS) is 18.3. The van der Waals surface area contributed by atoms with E-state index in [0.717, 1.165) is 0 Å². The first-order chi connectivity index (χ1) is 7.45. The molecule has 0 aromatic rings. The first kappa shape index (κ1) is 11.8. The lowest BCUT2D eigenvalue weighted by molar-refractivity contribution is 0.347. The van der Waals surface area contributed by atoms with Gasteiger partial charge in [0.2, 0.25) is 0 Å². The van der Waals surface area contributed by atoms with E-state index in [4.69, 9.17) is 21.5 Å². The standard InChI is InChI=1S/C12H12N4/c1-12(2)3-9(8(5-13)6-14)10(7-15)11(16)4-12/h3-4,16H2,1-2H3. The van der Waals surface area contributed by atoms with Gasteiger partial charge >= 0.3 is 0 Å². The molecule has 0 saturated heterocycles. The summed E-state index contributed by atoms with van der Waals surface area (Å²) in [6, 6.07) is 5.63. The van der Waals surface area contributed by atoms with Gasteiger partial charge in [-0.25, -0.2) is 0 Å². The minimum absolute atomic E-state index is 0.00715. The smallest absolute Gasteiger partial charge is 0.134 e. The molecular formula is C12H12N4. The quantitative estimate of drug-likeness (QED) is 0.620. The minimum atomic E-state index is -0.112. The molecule has 1 rings (SSSR count). The molecule has 0 fully saturated rings. The summed E-state index contributed by atoms with van der Waals surface area (Å²) in [5.74, 6) is 0. The van der Waals surface area contributed by atoms with Gasteiger partial charge in [0.25, 0.3) is 0 Å². The largest absolute Gasteiger partial charge is 0.401 e. The lowest BCUT2D eigenvalue weighted by Crippen LogP contribution is -2.24. The molecule has 4 heteroatoms. The van der Waals surface area contributed by atoms with E-state index in [1.54, 1.807) is 0 Å². The molecule has 80 valence electrons. The van der Waals surface area contributed by atoms with E-state index >= 15 is 0 Å². The van der Waals surface area contributed by atoms with Gasteiger partial charge in [-0.15, -0.1) is 0 Å². The number of nitrogens with zero attached hydrogens (tertiary/aromatic N) is 3. The molecular weight excluding hydrogens is 200 g/mol. The molecule has 1 aliphatic rings. The first-order valence-corrected chi connectivity index (χ1v) is 4.87. The van der Waals surface area contributed by atoms with Crippen molar-refractivity contribution in [3.63, 3.8) is 0 Å². The van der Waals surface area contributed by atoms with Gasteiger partial charge in [-0.05, 0) is 18.3 Å². The van der Waals surface area contributed by atoms with Crippen molar-refractivity contribution in [1.82, 2.24) is 0 Å². The molecule has 0 heterocycles. The van der Waals surface area contributed by atoms with Gasteiger partial charge in [0.15, 0.2) is 0 Å². The number of allylic oxidation sites excluding steroid dienone is 4. The Morgan fingerprint density at radius 2 is 1.75 bits per heavy atom. The molecule has 0 aliphatic heterocycles. The second-order valence-electron chi connectivity index (χ2n) is 4.61. The van der Waals surface area contributed by atoms with Crippen LogP contribution in [0.5, 0.6) is 0 Å². The summed E-state index contributed by atoms with van der Waals surface area (Å²) in [6.07, 6.45) is 1.15. The van der Waals surface area contributed by atoms with Crippen molar-refractivity contribution in [3.05, 3.63) is 22.4 Å². The van der Waals surface area contributed by atoms with Crippen molar-refractivity contribution >= 4 is 0 Å². The van der Waals surface area contributed by atoms with Crippen LogP contribution in [0, 0.1) is 39.4 Å². The summed E-state index contributed by atoms with van der Waals surface area (Å²) in [5, 5.41) is 26.7. The maximum absolute atomic E-state index is 9.00. The van der Waals surface area contributed by atoms with E-state index < -0.39 is 0 Å². The second-order valence-corrected chi connectivity index (χ2v) is 4.61. The van der Waals surface area contributed by atoms with E-state index in [2.05, 4.69) is 0 Å². The van der Waals surface area contributed by atoms with Crippen LogP contribution in [0.1, 0.15) is 26.7 Å². The monoisotopic (exact) mass is 212 g/mol. The molecule has 2 N–H and O–H groups in total. The molecule has 4 nitrogen and oxygen atoms in total. The number of hydrogen-bond donors (Lipinski definition) is 1. The highest BCUT2D eigenvalue weighted by molar-refractivity contribution is 5.57. The number of nitrogens with two attached hydrogens (primary N) is 1. The Hall–Kier alpha value is -2.25. The Kier molecular flexibility index (Phi) is 3.02. The average Bonchev–Trinajstić information content (AvgIpc) is 2.17. The van der Waals surface area contributed by atoms with Crippen LogP contribution < -0.4 is 5.73 Å². The molecule has 0 radical (unpaired) electrons. The summed E-state index contributed by atoms with van der Waals surface area (Å²) in [4.78, 5) is 0. The predicted octanol–water partition coefficient (Wildman–Crippen LogP) is 1.89. The first-order valence-electron chi connectivity index (χ1n) is 4.87. The zero-order valence-electron chi connectivity index (χ0n) is 9.33. The lowest BCUT2D eigenvalue weighted by atomic mass is 9.73. The molecule has 0 bridgehead atoms. The third kappa shape index (κ3) is 2.05.